The zero-order valence-electron chi connectivity index (χ0n) is 16.7. The van der Waals surface area contributed by atoms with Gasteiger partial charge in [0.1, 0.15) is 5.82 Å². The van der Waals surface area contributed by atoms with Crippen LogP contribution in [0, 0.1) is 5.82 Å². The van der Waals surface area contributed by atoms with Crippen LogP contribution in [0.4, 0.5) is 4.39 Å². The van der Waals surface area contributed by atoms with Crippen LogP contribution in [-0.4, -0.2) is 39.8 Å². The fourth-order valence-corrected chi connectivity index (χ4v) is 2.69. The van der Waals surface area contributed by atoms with Gasteiger partial charge in [-0.25, -0.2) is 9.18 Å². The predicted molar refractivity (Wildman–Crippen MR) is 109 cm³/mol. The fraction of sp³-hybridized carbons (Fsp3) is 0.238. The first-order valence-corrected chi connectivity index (χ1v) is 9.11. The molecule has 0 heterocycles. The van der Waals surface area contributed by atoms with Gasteiger partial charge in [-0.1, -0.05) is 17.7 Å². The Balaban J connectivity index is 1.89. The third-order valence-electron chi connectivity index (χ3n) is 3.94. The van der Waals surface area contributed by atoms with Crippen molar-refractivity contribution >= 4 is 29.6 Å². The molecular formula is C21H21ClFNO6. The smallest absolute Gasteiger partial charge is 0.331 e. The molecule has 0 fully saturated rings. The highest BCUT2D eigenvalue weighted by Gasteiger charge is 2.12. The van der Waals surface area contributed by atoms with Gasteiger partial charge in [-0.3, -0.25) is 4.79 Å². The maximum absolute atomic E-state index is 13.0. The molecule has 9 heteroatoms. The minimum absolute atomic E-state index is 0.0801. The minimum atomic E-state index is -0.710. The van der Waals surface area contributed by atoms with E-state index < -0.39 is 24.3 Å². The molecule has 160 valence electrons. The number of methoxy groups -OCH3 is 3. The topological polar surface area (TPSA) is 83.1 Å². The first kappa shape index (κ1) is 23.0. The number of carbonyl (C=O) groups is 2. The second-order valence-corrected chi connectivity index (χ2v) is 6.32. The summed E-state index contributed by atoms with van der Waals surface area (Å²) in [6.45, 7) is -0.395. The molecule has 0 unspecified atom stereocenters. The van der Waals surface area contributed by atoms with Crippen LogP contribution in [0.3, 0.4) is 0 Å². The Kier molecular flexibility index (Phi) is 8.49. The Morgan fingerprint density at radius 1 is 1.07 bits per heavy atom. The monoisotopic (exact) mass is 437 g/mol. The molecule has 0 aliphatic rings. The maximum atomic E-state index is 13.0. The molecule has 0 saturated heterocycles. The van der Waals surface area contributed by atoms with E-state index in [9.17, 15) is 14.0 Å². The summed E-state index contributed by atoms with van der Waals surface area (Å²) >= 11 is 5.89. The molecule has 2 aromatic rings. The summed E-state index contributed by atoms with van der Waals surface area (Å²) < 4.78 is 33.6. The predicted octanol–water partition coefficient (Wildman–Crippen LogP) is 3.38. The second kappa shape index (κ2) is 11.1. The molecule has 1 N–H and O–H groups in total. The summed E-state index contributed by atoms with van der Waals surface area (Å²) in [5, 5.41) is 2.73. The summed E-state index contributed by atoms with van der Waals surface area (Å²) in [7, 11) is 4.45. The lowest BCUT2D eigenvalue weighted by Gasteiger charge is -2.12. The Morgan fingerprint density at radius 2 is 1.73 bits per heavy atom. The van der Waals surface area contributed by atoms with E-state index in [0.717, 1.165) is 6.07 Å². The Morgan fingerprint density at radius 3 is 2.30 bits per heavy atom. The van der Waals surface area contributed by atoms with Gasteiger partial charge in [-0.05, 0) is 41.5 Å². The number of hydrogen-bond acceptors (Lipinski definition) is 6. The third kappa shape index (κ3) is 6.38. The molecule has 0 spiro atoms. The molecule has 30 heavy (non-hydrogen) atoms. The number of esters is 1. The van der Waals surface area contributed by atoms with Gasteiger partial charge in [0, 0.05) is 17.6 Å². The molecule has 2 rings (SSSR count). The van der Waals surface area contributed by atoms with Crippen LogP contribution in [0.5, 0.6) is 17.2 Å². The quantitative estimate of drug-likeness (QED) is 0.478. The number of benzene rings is 2. The van der Waals surface area contributed by atoms with Gasteiger partial charge in [0.15, 0.2) is 18.1 Å². The van der Waals surface area contributed by atoms with Crippen LogP contribution in [0.15, 0.2) is 36.4 Å². The van der Waals surface area contributed by atoms with E-state index in [-0.39, 0.29) is 11.6 Å². The van der Waals surface area contributed by atoms with Crippen LogP contribution in [0.25, 0.3) is 6.08 Å². The largest absolute Gasteiger partial charge is 0.493 e. The summed E-state index contributed by atoms with van der Waals surface area (Å²) in [6.07, 6.45) is 2.66. The highest BCUT2D eigenvalue weighted by Crippen LogP contribution is 2.38. The van der Waals surface area contributed by atoms with Gasteiger partial charge >= 0.3 is 5.97 Å². The highest BCUT2D eigenvalue weighted by atomic mass is 35.5. The van der Waals surface area contributed by atoms with Crippen molar-refractivity contribution in [1.82, 2.24) is 5.32 Å². The van der Waals surface area contributed by atoms with E-state index in [1.807, 2.05) is 0 Å². The molecular weight excluding hydrogens is 417 g/mol. The molecule has 2 aromatic carbocycles. The van der Waals surface area contributed by atoms with Crippen molar-refractivity contribution in [3.05, 3.63) is 58.4 Å². The number of hydrogen-bond donors (Lipinski definition) is 1. The van der Waals surface area contributed by atoms with E-state index in [1.165, 1.54) is 45.6 Å². The van der Waals surface area contributed by atoms with Gasteiger partial charge in [-0.15, -0.1) is 0 Å². The number of amides is 1. The lowest BCUT2D eigenvalue weighted by Crippen LogP contribution is -2.28. The summed E-state index contributed by atoms with van der Waals surface area (Å²) in [5.74, 6) is -0.406. The SMILES string of the molecule is COc1cc(C=CC(=O)OCC(=O)NCc2ccc(F)cc2Cl)cc(OC)c1OC. The van der Waals surface area contributed by atoms with Gasteiger partial charge in [0.05, 0.1) is 21.3 Å². The van der Waals surface area contributed by atoms with E-state index in [0.29, 0.717) is 28.4 Å². The second-order valence-electron chi connectivity index (χ2n) is 5.91. The van der Waals surface area contributed by atoms with Gasteiger partial charge in [-0.2, -0.15) is 0 Å². The van der Waals surface area contributed by atoms with E-state index in [4.69, 9.17) is 30.5 Å². The van der Waals surface area contributed by atoms with Crippen LogP contribution in [-0.2, 0) is 20.9 Å². The molecule has 0 bridgehead atoms. The van der Waals surface area contributed by atoms with E-state index in [2.05, 4.69) is 5.32 Å². The lowest BCUT2D eigenvalue weighted by atomic mass is 10.1. The lowest BCUT2D eigenvalue weighted by molar-refractivity contribution is -0.143. The zero-order valence-corrected chi connectivity index (χ0v) is 17.4. The van der Waals surface area contributed by atoms with Crippen molar-refractivity contribution in [1.29, 1.82) is 0 Å². The van der Waals surface area contributed by atoms with Gasteiger partial charge in [0.2, 0.25) is 5.75 Å². The molecule has 7 nitrogen and oxygen atoms in total. The van der Waals surface area contributed by atoms with Gasteiger partial charge in [0.25, 0.3) is 5.91 Å². The summed E-state index contributed by atoms with van der Waals surface area (Å²) in [5.41, 5.74) is 1.15. The standard InChI is InChI=1S/C21H21ClFNO6/c1-27-17-8-13(9-18(28-2)21(17)29-3)4-7-20(26)30-12-19(25)24-11-14-5-6-15(23)10-16(14)22/h4-10H,11-12H2,1-3H3,(H,24,25). The average molecular weight is 438 g/mol. The van der Waals surface area contributed by atoms with Crippen LogP contribution >= 0.6 is 11.6 Å². The van der Waals surface area contributed by atoms with Crippen LogP contribution in [0.2, 0.25) is 5.02 Å². The third-order valence-corrected chi connectivity index (χ3v) is 4.29. The Labute approximate surface area is 178 Å². The van der Waals surface area contributed by atoms with Crippen molar-refractivity contribution in [2.45, 2.75) is 6.54 Å². The molecule has 0 radical (unpaired) electrons. The van der Waals surface area contributed by atoms with E-state index >= 15 is 0 Å². The van der Waals surface area contributed by atoms with Crippen molar-refractivity contribution in [2.75, 3.05) is 27.9 Å². The molecule has 0 saturated carbocycles. The minimum Gasteiger partial charge on any atom is -0.493 e. The van der Waals surface area contributed by atoms with Crippen molar-refractivity contribution in [3.8, 4) is 17.2 Å². The Hall–Kier alpha value is -3.26. The first-order valence-electron chi connectivity index (χ1n) is 8.73. The summed E-state index contributed by atoms with van der Waals surface area (Å²) in [4.78, 5) is 23.7. The van der Waals surface area contributed by atoms with E-state index in [1.54, 1.807) is 12.1 Å². The fourth-order valence-electron chi connectivity index (χ4n) is 2.46. The summed E-state index contributed by atoms with van der Waals surface area (Å²) in [6, 6.07) is 7.16. The number of rotatable bonds is 9. The maximum Gasteiger partial charge on any atom is 0.331 e. The number of carbonyl (C=O) groups excluding carboxylic acids is 2. The van der Waals surface area contributed by atoms with Crippen molar-refractivity contribution < 1.29 is 32.9 Å². The van der Waals surface area contributed by atoms with Gasteiger partial charge < -0.3 is 24.3 Å². The Bertz CT molecular complexity index is 922. The number of halogens is 2. The average Bonchev–Trinajstić information content (AvgIpc) is 2.74. The molecule has 0 atom stereocenters. The van der Waals surface area contributed by atoms with Crippen molar-refractivity contribution in [3.63, 3.8) is 0 Å². The normalized spacial score (nSPS) is 10.6. The zero-order chi connectivity index (χ0) is 22.1. The first-order chi connectivity index (χ1) is 14.4. The molecule has 1 amide bonds. The van der Waals surface area contributed by atoms with Crippen molar-refractivity contribution in [2.24, 2.45) is 0 Å². The van der Waals surface area contributed by atoms with Crippen LogP contribution in [0.1, 0.15) is 11.1 Å². The highest BCUT2D eigenvalue weighted by molar-refractivity contribution is 6.31. The molecule has 0 aromatic heterocycles. The number of nitrogens with one attached hydrogen (secondary N) is 1. The number of ether oxygens (including phenoxy) is 4. The molecule has 0 aliphatic carbocycles. The van der Waals surface area contributed by atoms with Crippen LogP contribution < -0.4 is 19.5 Å². The molecule has 0 aliphatic heterocycles.